The quantitative estimate of drug-likeness (QED) is 0.797. The highest BCUT2D eigenvalue weighted by Gasteiger charge is 2.26. The third-order valence-electron chi connectivity index (χ3n) is 3.54. The Bertz CT molecular complexity index is 635. The number of hydrogen-bond donors (Lipinski definition) is 0. The number of pyridine rings is 1. The van der Waals surface area contributed by atoms with E-state index in [1.54, 1.807) is 6.20 Å². The Morgan fingerprint density at radius 2 is 1.90 bits per heavy atom. The number of nitrogens with zero attached hydrogens (tertiary/aromatic N) is 1. The molecule has 110 valence electrons. The van der Waals surface area contributed by atoms with Crippen molar-refractivity contribution in [3.05, 3.63) is 64.4 Å². The molecule has 0 aliphatic rings. The molecular weight excluding hydrogens is 286 g/mol. The molecule has 3 nitrogen and oxygen atoms in total. The van der Waals surface area contributed by atoms with Crippen molar-refractivity contribution in [2.75, 3.05) is 0 Å². The number of benzene rings is 1. The zero-order chi connectivity index (χ0) is 15.5. The molecular formula is C17H18ClNO2. The van der Waals surface area contributed by atoms with E-state index in [0.717, 1.165) is 16.8 Å². The van der Waals surface area contributed by atoms with E-state index >= 15 is 0 Å². The molecule has 0 atom stereocenters. The molecule has 0 amide bonds. The van der Waals surface area contributed by atoms with Gasteiger partial charge in [0.2, 0.25) is 0 Å². The molecule has 0 unspecified atom stereocenters. The molecule has 0 radical (unpaired) electrons. The van der Waals surface area contributed by atoms with Gasteiger partial charge in [-0.3, -0.25) is 9.78 Å². The minimum Gasteiger partial charge on any atom is -0.459 e. The highest BCUT2D eigenvalue weighted by molar-refractivity contribution is 6.30. The summed E-state index contributed by atoms with van der Waals surface area (Å²) < 4.78 is 5.10. The van der Waals surface area contributed by atoms with Gasteiger partial charge in [0.15, 0.2) is 0 Å². The summed E-state index contributed by atoms with van der Waals surface area (Å²) >= 11 is 5.95. The summed E-state index contributed by atoms with van der Waals surface area (Å²) in [5.41, 5.74) is 2.68. The van der Waals surface area contributed by atoms with E-state index in [2.05, 4.69) is 18.8 Å². The SMILES string of the molecule is CC(=O)OCc1ncccc1C(C)(C)c1ccc(Cl)cc1. The molecule has 1 aromatic heterocycles. The molecule has 0 aliphatic heterocycles. The average Bonchev–Trinajstić information content (AvgIpc) is 2.46. The van der Waals surface area contributed by atoms with Crippen molar-refractivity contribution >= 4 is 17.6 Å². The molecule has 2 aromatic rings. The Balaban J connectivity index is 2.39. The number of hydrogen-bond acceptors (Lipinski definition) is 3. The van der Waals surface area contributed by atoms with Crippen LogP contribution in [0.3, 0.4) is 0 Å². The fourth-order valence-electron chi connectivity index (χ4n) is 2.31. The van der Waals surface area contributed by atoms with Gasteiger partial charge in [-0.25, -0.2) is 0 Å². The molecule has 4 heteroatoms. The van der Waals surface area contributed by atoms with Crippen LogP contribution in [-0.2, 0) is 21.6 Å². The van der Waals surface area contributed by atoms with E-state index in [-0.39, 0.29) is 18.0 Å². The van der Waals surface area contributed by atoms with Gasteiger partial charge in [-0.2, -0.15) is 0 Å². The van der Waals surface area contributed by atoms with E-state index in [0.29, 0.717) is 5.02 Å². The summed E-state index contributed by atoms with van der Waals surface area (Å²) in [6.45, 7) is 5.81. The molecule has 0 spiro atoms. The van der Waals surface area contributed by atoms with Crippen molar-refractivity contribution < 1.29 is 9.53 Å². The smallest absolute Gasteiger partial charge is 0.303 e. The Kier molecular flexibility index (Phi) is 4.63. The van der Waals surface area contributed by atoms with E-state index in [9.17, 15) is 4.79 Å². The van der Waals surface area contributed by atoms with Gasteiger partial charge >= 0.3 is 5.97 Å². The Morgan fingerprint density at radius 1 is 1.24 bits per heavy atom. The maximum absolute atomic E-state index is 11.0. The second kappa shape index (κ2) is 6.27. The van der Waals surface area contributed by atoms with Crippen LogP contribution in [0.5, 0.6) is 0 Å². The summed E-state index contributed by atoms with van der Waals surface area (Å²) in [5.74, 6) is -0.309. The van der Waals surface area contributed by atoms with E-state index < -0.39 is 0 Å². The number of halogens is 1. The molecule has 1 aromatic carbocycles. The normalized spacial score (nSPS) is 11.2. The minimum absolute atomic E-state index is 0.183. The van der Waals surface area contributed by atoms with Crippen molar-refractivity contribution in [2.24, 2.45) is 0 Å². The standard InChI is InChI=1S/C17H18ClNO2/c1-12(20)21-11-16-15(5-4-10-19-16)17(2,3)13-6-8-14(18)9-7-13/h4-10H,11H2,1-3H3. The lowest BCUT2D eigenvalue weighted by Gasteiger charge is -2.28. The summed E-state index contributed by atoms with van der Waals surface area (Å²) in [7, 11) is 0. The highest BCUT2D eigenvalue weighted by Crippen LogP contribution is 2.33. The molecule has 0 fully saturated rings. The number of carbonyl (C=O) groups excluding carboxylic acids is 1. The average molecular weight is 304 g/mol. The van der Waals surface area contributed by atoms with Crippen molar-refractivity contribution in [1.82, 2.24) is 4.98 Å². The first-order valence-electron chi connectivity index (χ1n) is 6.75. The molecule has 0 saturated carbocycles. The number of rotatable bonds is 4. The van der Waals surface area contributed by atoms with Crippen LogP contribution in [0.4, 0.5) is 0 Å². The number of aromatic nitrogens is 1. The first-order chi connectivity index (χ1) is 9.91. The van der Waals surface area contributed by atoms with Crippen LogP contribution < -0.4 is 0 Å². The highest BCUT2D eigenvalue weighted by atomic mass is 35.5. The van der Waals surface area contributed by atoms with Crippen LogP contribution in [0.25, 0.3) is 0 Å². The second-order valence-corrected chi connectivity index (χ2v) is 5.85. The predicted octanol–water partition coefficient (Wildman–Crippen LogP) is 4.12. The molecule has 0 bridgehead atoms. The fourth-order valence-corrected chi connectivity index (χ4v) is 2.44. The van der Waals surface area contributed by atoms with Crippen molar-refractivity contribution in [1.29, 1.82) is 0 Å². The van der Waals surface area contributed by atoms with E-state index in [1.807, 2.05) is 36.4 Å². The number of carbonyl (C=O) groups is 1. The summed E-state index contributed by atoms with van der Waals surface area (Å²) in [4.78, 5) is 15.4. The van der Waals surface area contributed by atoms with Gasteiger partial charge in [-0.15, -0.1) is 0 Å². The zero-order valence-electron chi connectivity index (χ0n) is 12.4. The van der Waals surface area contributed by atoms with Gasteiger partial charge < -0.3 is 4.74 Å². The van der Waals surface area contributed by atoms with Crippen LogP contribution in [0.2, 0.25) is 5.02 Å². The fraction of sp³-hybridized carbons (Fsp3) is 0.294. The van der Waals surface area contributed by atoms with Crippen LogP contribution in [-0.4, -0.2) is 11.0 Å². The molecule has 0 N–H and O–H groups in total. The third kappa shape index (κ3) is 3.61. The second-order valence-electron chi connectivity index (χ2n) is 5.41. The Morgan fingerprint density at radius 3 is 2.52 bits per heavy atom. The van der Waals surface area contributed by atoms with Crippen LogP contribution in [0.1, 0.15) is 37.6 Å². The Labute approximate surface area is 129 Å². The molecule has 2 rings (SSSR count). The van der Waals surface area contributed by atoms with Crippen molar-refractivity contribution in [3.8, 4) is 0 Å². The first-order valence-corrected chi connectivity index (χ1v) is 7.13. The van der Waals surface area contributed by atoms with Crippen molar-refractivity contribution in [2.45, 2.75) is 32.8 Å². The lowest BCUT2D eigenvalue weighted by atomic mass is 9.77. The monoisotopic (exact) mass is 303 g/mol. The third-order valence-corrected chi connectivity index (χ3v) is 3.79. The van der Waals surface area contributed by atoms with E-state index in [4.69, 9.17) is 16.3 Å². The lowest BCUT2D eigenvalue weighted by Crippen LogP contribution is -2.22. The maximum atomic E-state index is 11.0. The molecule has 0 aliphatic carbocycles. The maximum Gasteiger partial charge on any atom is 0.303 e. The summed E-state index contributed by atoms with van der Waals surface area (Å²) in [6, 6.07) is 11.7. The minimum atomic E-state index is -0.309. The summed E-state index contributed by atoms with van der Waals surface area (Å²) in [6.07, 6.45) is 1.71. The topological polar surface area (TPSA) is 39.2 Å². The van der Waals surface area contributed by atoms with E-state index in [1.165, 1.54) is 6.92 Å². The van der Waals surface area contributed by atoms with Crippen LogP contribution in [0.15, 0.2) is 42.6 Å². The van der Waals surface area contributed by atoms with Crippen LogP contribution in [0, 0.1) is 0 Å². The molecule has 21 heavy (non-hydrogen) atoms. The summed E-state index contributed by atoms with van der Waals surface area (Å²) in [5, 5.41) is 0.709. The predicted molar refractivity (Wildman–Crippen MR) is 83.3 cm³/mol. The van der Waals surface area contributed by atoms with Crippen LogP contribution >= 0.6 is 11.6 Å². The number of ether oxygens (including phenoxy) is 1. The van der Waals surface area contributed by atoms with Gasteiger partial charge in [-0.05, 0) is 29.3 Å². The van der Waals surface area contributed by atoms with Crippen molar-refractivity contribution in [3.63, 3.8) is 0 Å². The lowest BCUT2D eigenvalue weighted by molar-refractivity contribution is -0.142. The van der Waals surface area contributed by atoms with Gasteiger partial charge in [0, 0.05) is 23.6 Å². The first kappa shape index (κ1) is 15.5. The Hall–Kier alpha value is -1.87. The zero-order valence-corrected chi connectivity index (χ0v) is 13.1. The molecule has 0 saturated heterocycles. The van der Waals surface area contributed by atoms with Gasteiger partial charge in [-0.1, -0.05) is 43.6 Å². The van der Waals surface area contributed by atoms with Gasteiger partial charge in [0.05, 0.1) is 5.69 Å². The van der Waals surface area contributed by atoms with Gasteiger partial charge in [0.1, 0.15) is 6.61 Å². The molecule has 1 heterocycles. The largest absolute Gasteiger partial charge is 0.459 e. The number of esters is 1. The van der Waals surface area contributed by atoms with Gasteiger partial charge in [0.25, 0.3) is 0 Å².